The van der Waals surface area contributed by atoms with Crippen molar-refractivity contribution >= 4 is 0 Å². The van der Waals surface area contributed by atoms with Crippen LogP contribution in [0.1, 0.15) is 11.3 Å². The predicted molar refractivity (Wildman–Crippen MR) is 93.1 cm³/mol. The van der Waals surface area contributed by atoms with E-state index >= 15 is 0 Å². The van der Waals surface area contributed by atoms with E-state index in [-0.39, 0.29) is 0 Å². The van der Waals surface area contributed by atoms with Gasteiger partial charge in [0.05, 0.1) is 12.8 Å². The molecule has 0 aliphatic heterocycles. The summed E-state index contributed by atoms with van der Waals surface area (Å²) in [6.07, 6.45) is 1.69. The molecule has 0 radical (unpaired) electrons. The quantitative estimate of drug-likeness (QED) is 0.604. The molecule has 0 bridgehead atoms. The van der Waals surface area contributed by atoms with E-state index in [4.69, 9.17) is 13.9 Å². The molecule has 0 amide bonds. The average Bonchev–Trinajstić information content (AvgIpc) is 3.14. The second-order valence-corrected chi connectivity index (χ2v) is 5.34. The zero-order valence-corrected chi connectivity index (χ0v) is 13.5. The second kappa shape index (κ2) is 8.79. The molecule has 4 heteroatoms. The fourth-order valence-electron chi connectivity index (χ4n) is 2.28. The van der Waals surface area contributed by atoms with E-state index in [0.29, 0.717) is 13.2 Å². The maximum Gasteiger partial charge on any atom is 0.122 e. The summed E-state index contributed by atoms with van der Waals surface area (Å²) in [7, 11) is 0. The Hall–Kier alpha value is -2.72. The standard InChI is InChI=1S/C20H21NO3/c1-2-5-18(6-3-1)23-13-14-24-19-10-8-17(9-11-19)15-21-16-20-7-4-12-22-20/h1-12,21H,13-16H2. The summed E-state index contributed by atoms with van der Waals surface area (Å²) in [5.41, 5.74) is 1.20. The van der Waals surface area contributed by atoms with E-state index in [0.717, 1.165) is 30.3 Å². The minimum atomic E-state index is 0.519. The van der Waals surface area contributed by atoms with Crippen LogP contribution < -0.4 is 14.8 Å². The fraction of sp³-hybridized carbons (Fsp3) is 0.200. The Kier molecular flexibility index (Phi) is 5.92. The molecule has 3 aromatic rings. The van der Waals surface area contributed by atoms with Gasteiger partial charge in [-0.1, -0.05) is 30.3 Å². The molecular weight excluding hydrogens is 302 g/mol. The van der Waals surface area contributed by atoms with Gasteiger partial charge in [-0.3, -0.25) is 0 Å². The molecule has 0 saturated carbocycles. The number of benzene rings is 2. The molecule has 0 atom stereocenters. The molecule has 1 heterocycles. The topological polar surface area (TPSA) is 43.6 Å². The van der Waals surface area contributed by atoms with E-state index in [1.54, 1.807) is 6.26 Å². The van der Waals surface area contributed by atoms with Gasteiger partial charge in [-0.05, 0) is 42.0 Å². The minimum Gasteiger partial charge on any atom is -0.490 e. The van der Waals surface area contributed by atoms with Crippen LogP contribution in [0.15, 0.2) is 77.4 Å². The smallest absolute Gasteiger partial charge is 0.122 e. The summed E-state index contributed by atoms with van der Waals surface area (Å²) in [4.78, 5) is 0. The summed E-state index contributed by atoms with van der Waals surface area (Å²) in [5.74, 6) is 2.65. The van der Waals surface area contributed by atoms with Crippen molar-refractivity contribution in [1.82, 2.24) is 5.32 Å². The molecule has 0 aliphatic rings. The molecule has 0 spiro atoms. The van der Waals surface area contributed by atoms with Crippen molar-refractivity contribution in [2.75, 3.05) is 13.2 Å². The number of hydrogen-bond acceptors (Lipinski definition) is 4. The average molecular weight is 323 g/mol. The van der Waals surface area contributed by atoms with Crippen LogP contribution in [0.3, 0.4) is 0 Å². The number of furan rings is 1. The van der Waals surface area contributed by atoms with E-state index in [1.807, 2.05) is 54.6 Å². The zero-order chi connectivity index (χ0) is 16.5. The Labute approximate surface area is 142 Å². The normalized spacial score (nSPS) is 10.5. The van der Waals surface area contributed by atoms with Crippen molar-refractivity contribution in [2.45, 2.75) is 13.1 Å². The van der Waals surface area contributed by atoms with Gasteiger partial charge in [0.15, 0.2) is 0 Å². The lowest BCUT2D eigenvalue weighted by Crippen LogP contribution is -2.12. The Balaban J connectivity index is 1.35. The van der Waals surface area contributed by atoms with Gasteiger partial charge in [-0.15, -0.1) is 0 Å². The number of hydrogen-bond donors (Lipinski definition) is 1. The van der Waals surface area contributed by atoms with Gasteiger partial charge in [0.2, 0.25) is 0 Å². The van der Waals surface area contributed by atoms with Crippen LogP contribution >= 0.6 is 0 Å². The molecule has 0 fully saturated rings. The highest BCUT2D eigenvalue weighted by atomic mass is 16.5. The third kappa shape index (κ3) is 5.18. The Morgan fingerprint density at radius 3 is 2.08 bits per heavy atom. The first-order valence-electron chi connectivity index (χ1n) is 8.03. The van der Waals surface area contributed by atoms with Gasteiger partial charge in [-0.2, -0.15) is 0 Å². The molecule has 1 aromatic heterocycles. The number of rotatable bonds is 9. The van der Waals surface area contributed by atoms with E-state index in [1.165, 1.54) is 5.56 Å². The molecule has 0 aliphatic carbocycles. The largest absolute Gasteiger partial charge is 0.490 e. The number of nitrogens with one attached hydrogen (secondary N) is 1. The Bertz CT molecular complexity index is 694. The first-order valence-corrected chi connectivity index (χ1v) is 8.03. The summed E-state index contributed by atoms with van der Waals surface area (Å²) >= 11 is 0. The molecule has 3 rings (SSSR count). The van der Waals surface area contributed by atoms with Crippen molar-refractivity contribution in [1.29, 1.82) is 0 Å². The van der Waals surface area contributed by atoms with Gasteiger partial charge >= 0.3 is 0 Å². The van der Waals surface area contributed by atoms with E-state index < -0.39 is 0 Å². The Morgan fingerprint density at radius 1 is 0.708 bits per heavy atom. The molecule has 124 valence electrons. The minimum absolute atomic E-state index is 0.519. The maximum atomic E-state index is 5.69. The molecular formula is C20H21NO3. The third-order valence-corrected chi connectivity index (χ3v) is 3.50. The maximum absolute atomic E-state index is 5.69. The van der Waals surface area contributed by atoms with Crippen molar-refractivity contribution in [3.63, 3.8) is 0 Å². The van der Waals surface area contributed by atoms with Crippen molar-refractivity contribution in [3.05, 3.63) is 84.3 Å². The third-order valence-electron chi connectivity index (χ3n) is 3.50. The van der Waals surface area contributed by atoms with Crippen LogP contribution in [0.4, 0.5) is 0 Å². The second-order valence-electron chi connectivity index (χ2n) is 5.34. The summed E-state index contributed by atoms with van der Waals surface area (Å²) in [5, 5.41) is 3.34. The van der Waals surface area contributed by atoms with Crippen molar-refractivity contribution < 1.29 is 13.9 Å². The van der Waals surface area contributed by atoms with Gasteiger partial charge in [0.1, 0.15) is 30.5 Å². The molecule has 2 aromatic carbocycles. The Morgan fingerprint density at radius 2 is 1.42 bits per heavy atom. The monoisotopic (exact) mass is 323 g/mol. The lowest BCUT2D eigenvalue weighted by Gasteiger charge is -2.09. The predicted octanol–water partition coefficient (Wildman–Crippen LogP) is 4.03. The summed E-state index contributed by atoms with van der Waals surface area (Å²) in [6.45, 7) is 2.56. The first kappa shape index (κ1) is 16.1. The molecule has 4 nitrogen and oxygen atoms in total. The molecule has 24 heavy (non-hydrogen) atoms. The van der Waals surface area contributed by atoms with Gasteiger partial charge in [0.25, 0.3) is 0 Å². The summed E-state index contributed by atoms with van der Waals surface area (Å²) < 4.78 is 16.6. The highest BCUT2D eigenvalue weighted by molar-refractivity contribution is 5.27. The lowest BCUT2D eigenvalue weighted by atomic mass is 10.2. The molecule has 0 saturated heterocycles. The van der Waals surface area contributed by atoms with Gasteiger partial charge < -0.3 is 19.2 Å². The highest BCUT2D eigenvalue weighted by Crippen LogP contribution is 2.13. The fourth-order valence-corrected chi connectivity index (χ4v) is 2.28. The number of ether oxygens (including phenoxy) is 2. The first-order chi connectivity index (χ1) is 11.9. The van der Waals surface area contributed by atoms with Crippen LogP contribution in [-0.4, -0.2) is 13.2 Å². The van der Waals surface area contributed by atoms with Crippen LogP contribution in [0.25, 0.3) is 0 Å². The van der Waals surface area contributed by atoms with Crippen molar-refractivity contribution in [2.24, 2.45) is 0 Å². The van der Waals surface area contributed by atoms with Crippen LogP contribution in [0, 0.1) is 0 Å². The van der Waals surface area contributed by atoms with Gasteiger partial charge in [-0.25, -0.2) is 0 Å². The van der Waals surface area contributed by atoms with Crippen molar-refractivity contribution in [3.8, 4) is 11.5 Å². The van der Waals surface area contributed by atoms with Crippen LogP contribution in [-0.2, 0) is 13.1 Å². The SMILES string of the molecule is c1ccc(OCCOc2ccc(CNCc3ccco3)cc2)cc1. The number of para-hydroxylation sites is 1. The molecule has 1 N–H and O–H groups in total. The van der Waals surface area contributed by atoms with E-state index in [9.17, 15) is 0 Å². The van der Waals surface area contributed by atoms with Gasteiger partial charge in [0, 0.05) is 6.54 Å². The summed E-state index contributed by atoms with van der Waals surface area (Å²) in [6, 6.07) is 21.7. The molecule has 0 unspecified atom stereocenters. The van der Waals surface area contributed by atoms with E-state index in [2.05, 4.69) is 17.4 Å². The lowest BCUT2D eigenvalue weighted by molar-refractivity contribution is 0.217. The zero-order valence-electron chi connectivity index (χ0n) is 13.5. The van der Waals surface area contributed by atoms with Crippen LogP contribution in [0.2, 0.25) is 0 Å². The van der Waals surface area contributed by atoms with Crippen LogP contribution in [0.5, 0.6) is 11.5 Å². The highest BCUT2D eigenvalue weighted by Gasteiger charge is 1.98.